The standard InChI is InChI=1S/C13H9Cl2F3N2/c1-7(13(16,17)18)8-2-3-9(12(15)11(8)14)10-6-19-4-5-20-10/h2-7H,1H3/t7-/m1/s1. The largest absolute Gasteiger partial charge is 0.395 e. The summed E-state index contributed by atoms with van der Waals surface area (Å²) in [5, 5.41) is -0.0691. The van der Waals surface area contributed by atoms with Crippen LogP contribution < -0.4 is 0 Å². The minimum absolute atomic E-state index is 0.0424. The summed E-state index contributed by atoms with van der Waals surface area (Å²) in [7, 11) is 0. The maximum absolute atomic E-state index is 12.7. The van der Waals surface area contributed by atoms with Crippen LogP contribution in [-0.2, 0) is 0 Å². The van der Waals surface area contributed by atoms with E-state index in [0.717, 1.165) is 6.92 Å². The zero-order valence-electron chi connectivity index (χ0n) is 10.2. The van der Waals surface area contributed by atoms with Crippen molar-refractivity contribution in [3.05, 3.63) is 46.3 Å². The molecule has 2 aromatic rings. The molecule has 0 aliphatic rings. The van der Waals surface area contributed by atoms with Gasteiger partial charge >= 0.3 is 6.18 Å². The van der Waals surface area contributed by atoms with Crippen LogP contribution >= 0.6 is 23.2 Å². The third-order valence-electron chi connectivity index (χ3n) is 2.91. The minimum Gasteiger partial charge on any atom is -0.261 e. The van der Waals surface area contributed by atoms with Crippen molar-refractivity contribution in [2.45, 2.75) is 19.0 Å². The highest BCUT2D eigenvalue weighted by Crippen LogP contribution is 2.42. The van der Waals surface area contributed by atoms with E-state index in [-0.39, 0.29) is 15.6 Å². The smallest absolute Gasteiger partial charge is 0.261 e. The number of aromatic nitrogens is 2. The van der Waals surface area contributed by atoms with Crippen molar-refractivity contribution < 1.29 is 13.2 Å². The summed E-state index contributed by atoms with van der Waals surface area (Å²) in [5.74, 6) is -1.69. The van der Waals surface area contributed by atoms with Crippen molar-refractivity contribution in [3.63, 3.8) is 0 Å². The van der Waals surface area contributed by atoms with Crippen molar-refractivity contribution in [2.75, 3.05) is 0 Å². The Morgan fingerprint density at radius 2 is 1.80 bits per heavy atom. The molecule has 1 aromatic heterocycles. The lowest BCUT2D eigenvalue weighted by atomic mass is 9.98. The van der Waals surface area contributed by atoms with E-state index in [0.29, 0.717) is 11.3 Å². The SMILES string of the molecule is C[C@H](c1ccc(-c2cnccn2)c(Cl)c1Cl)C(F)(F)F. The van der Waals surface area contributed by atoms with E-state index in [2.05, 4.69) is 9.97 Å². The first kappa shape index (κ1) is 15.1. The van der Waals surface area contributed by atoms with E-state index in [9.17, 15) is 13.2 Å². The molecule has 106 valence electrons. The van der Waals surface area contributed by atoms with Gasteiger partial charge < -0.3 is 0 Å². The Morgan fingerprint density at radius 3 is 2.35 bits per heavy atom. The molecule has 20 heavy (non-hydrogen) atoms. The third kappa shape index (κ3) is 2.88. The molecule has 0 saturated heterocycles. The van der Waals surface area contributed by atoms with Gasteiger partial charge in [0.2, 0.25) is 0 Å². The van der Waals surface area contributed by atoms with Gasteiger partial charge in [-0.2, -0.15) is 13.2 Å². The Kier molecular flexibility index (Phi) is 4.20. The van der Waals surface area contributed by atoms with Crippen LogP contribution in [0.2, 0.25) is 10.0 Å². The molecular weight excluding hydrogens is 312 g/mol. The van der Waals surface area contributed by atoms with Crippen LogP contribution in [0, 0.1) is 0 Å². The first-order valence-electron chi connectivity index (χ1n) is 5.63. The van der Waals surface area contributed by atoms with Gasteiger partial charge in [0.15, 0.2) is 0 Å². The fraction of sp³-hybridized carbons (Fsp3) is 0.231. The van der Waals surface area contributed by atoms with E-state index < -0.39 is 12.1 Å². The van der Waals surface area contributed by atoms with Crippen LogP contribution in [0.4, 0.5) is 13.2 Å². The molecule has 0 unspecified atom stereocenters. The lowest BCUT2D eigenvalue weighted by molar-refractivity contribution is -0.146. The zero-order chi connectivity index (χ0) is 14.9. The van der Waals surface area contributed by atoms with E-state index in [1.54, 1.807) is 0 Å². The van der Waals surface area contributed by atoms with E-state index in [4.69, 9.17) is 23.2 Å². The maximum Gasteiger partial charge on any atom is 0.395 e. The normalized spacial score (nSPS) is 13.3. The Balaban J connectivity index is 2.51. The summed E-state index contributed by atoms with van der Waals surface area (Å²) in [6.45, 7) is 1.04. The lowest BCUT2D eigenvalue weighted by Crippen LogP contribution is -2.18. The fourth-order valence-corrected chi connectivity index (χ4v) is 2.31. The molecule has 0 N–H and O–H groups in total. The van der Waals surface area contributed by atoms with Gasteiger partial charge in [-0.1, -0.05) is 35.3 Å². The molecule has 1 heterocycles. The number of hydrogen-bond donors (Lipinski definition) is 0. The van der Waals surface area contributed by atoms with Crippen molar-refractivity contribution >= 4 is 23.2 Å². The Hall–Kier alpha value is -1.33. The highest BCUT2D eigenvalue weighted by molar-refractivity contribution is 6.44. The molecule has 1 aromatic carbocycles. The number of halogens is 5. The van der Waals surface area contributed by atoms with Crippen LogP contribution in [0.3, 0.4) is 0 Å². The first-order chi connectivity index (χ1) is 9.32. The summed E-state index contributed by atoms with van der Waals surface area (Å²) in [6, 6.07) is 2.78. The van der Waals surface area contributed by atoms with E-state index in [1.165, 1.54) is 30.7 Å². The predicted octanol–water partition coefficient (Wildman–Crippen LogP) is 5.12. The lowest BCUT2D eigenvalue weighted by Gasteiger charge is -2.18. The molecule has 0 amide bonds. The second-order valence-corrected chi connectivity index (χ2v) is 4.94. The van der Waals surface area contributed by atoms with Crippen LogP contribution in [0.5, 0.6) is 0 Å². The molecule has 0 bridgehead atoms. The van der Waals surface area contributed by atoms with Gasteiger partial charge in [0, 0.05) is 18.0 Å². The average Bonchev–Trinajstić information content (AvgIpc) is 2.41. The van der Waals surface area contributed by atoms with Gasteiger partial charge in [-0.05, 0) is 12.5 Å². The Bertz CT molecular complexity index is 615. The molecule has 0 aliphatic carbocycles. The maximum atomic E-state index is 12.7. The zero-order valence-corrected chi connectivity index (χ0v) is 11.8. The quantitative estimate of drug-likeness (QED) is 0.767. The second-order valence-electron chi connectivity index (χ2n) is 4.18. The number of nitrogens with zero attached hydrogens (tertiary/aromatic N) is 2. The predicted molar refractivity (Wildman–Crippen MR) is 72.0 cm³/mol. The van der Waals surface area contributed by atoms with Gasteiger partial charge in [0.25, 0.3) is 0 Å². The highest BCUT2D eigenvalue weighted by atomic mass is 35.5. The van der Waals surface area contributed by atoms with Crippen LogP contribution in [-0.4, -0.2) is 16.1 Å². The minimum atomic E-state index is -4.37. The second kappa shape index (κ2) is 5.58. The molecule has 2 nitrogen and oxygen atoms in total. The molecule has 0 radical (unpaired) electrons. The third-order valence-corrected chi connectivity index (χ3v) is 3.81. The summed E-state index contributed by atoms with van der Waals surface area (Å²) in [6.07, 6.45) is 0.0381. The summed E-state index contributed by atoms with van der Waals surface area (Å²) in [4.78, 5) is 7.93. The topological polar surface area (TPSA) is 25.8 Å². The summed E-state index contributed by atoms with van der Waals surface area (Å²) < 4.78 is 38.2. The molecule has 0 saturated carbocycles. The molecule has 0 fully saturated rings. The summed E-state index contributed by atoms with van der Waals surface area (Å²) in [5.41, 5.74) is 0.838. The van der Waals surface area contributed by atoms with E-state index in [1.807, 2.05) is 0 Å². The highest BCUT2D eigenvalue weighted by Gasteiger charge is 2.38. The molecule has 2 rings (SSSR count). The Morgan fingerprint density at radius 1 is 1.10 bits per heavy atom. The van der Waals surface area contributed by atoms with Gasteiger partial charge in [-0.25, -0.2) is 0 Å². The van der Waals surface area contributed by atoms with Crippen molar-refractivity contribution in [1.82, 2.24) is 9.97 Å². The number of rotatable bonds is 2. The molecule has 0 aliphatic heterocycles. The first-order valence-corrected chi connectivity index (χ1v) is 6.39. The van der Waals surface area contributed by atoms with Gasteiger partial charge in [-0.3, -0.25) is 9.97 Å². The molecular formula is C13H9Cl2F3N2. The number of alkyl halides is 3. The fourth-order valence-electron chi connectivity index (χ4n) is 1.71. The van der Waals surface area contributed by atoms with Crippen LogP contribution in [0.1, 0.15) is 18.4 Å². The van der Waals surface area contributed by atoms with Crippen LogP contribution in [0.15, 0.2) is 30.7 Å². The summed E-state index contributed by atoms with van der Waals surface area (Å²) >= 11 is 12.0. The number of hydrogen-bond acceptors (Lipinski definition) is 2. The molecule has 1 atom stereocenters. The monoisotopic (exact) mass is 320 g/mol. The Labute approximate surface area is 123 Å². The van der Waals surface area contributed by atoms with E-state index >= 15 is 0 Å². The van der Waals surface area contributed by atoms with Crippen LogP contribution in [0.25, 0.3) is 11.3 Å². The van der Waals surface area contributed by atoms with Gasteiger partial charge in [-0.15, -0.1) is 0 Å². The van der Waals surface area contributed by atoms with Gasteiger partial charge in [0.1, 0.15) is 0 Å². The molecule has 7 heteroatoms. The number of benzene rings is 1. The van der Waals surface area contributed by atoms with Crippen molar-refractivity contribution in [1.29, 1.82) is 0 Å². The molecule has 0 spiro atoms. The van der Waals surface area contributed by atoms with Gasteiger partial charge in [0.05, 0.1) is 27.9 Å². The van der Waals surface area contributed by atoms with Crippen molar-refractivity contribution in [3.8, 4) is 11.3 Å². The van der Waals surface area contributed by atoms with Crippen molar-refractivity contribution in [2.24, 2.45) is 0 Å². The average molecular weight is 321 g/mol.